The van der Waals surface area contributed by atoms with Crippen LogP contribution in [0.5, 0.6) is 0 Å². The molecule has 2 rings (SSSR count). The summed E-state index contributed by atoms with van der Waals surface area (Å²) in [5.41, 5.74) is 0.446. The first kappa shape index (κ1) is 12.4. The first-order valence-electron chi connectivity index (χ1n) is 7.11. The van der Waals surface area contributed by atoms with Gasteiger partial charge in [-0.1, -0.05) is 6.42 Å². The van der Waals surface area contributed by atoms with Crippen molar-refractivity contribution in [2.45, 2.75) is 64.5 Å². The average Bonchev–Trinajstić information content (AvgIpc) is 2.30. The van der Waals surface area contributed by atoms with Gasteiger partial charge in [0.05, 0.1) is 0 Å². The lowest BCUT2D eigenvalue weighted by molar-refractivity contribution is 0.0820. The van der Waals surface area contributed by atoms with Crippen molar-refractivity contribution in [2.75, 3.05) is 19.6 Å². The first-order valence-corrected chi connectivity index (χ1v) is 7.11. The van der Waals surface area contributed by atoms with Gasteiger partial charge >= 0.3 is 0 Å². The smallest absolute Gasteiger partial charge is 0.0182 e. The highest BCUT2D eigenvalue weighted by molar-refractivity contribution is 4.95. The summed E-state index contributed by atoms with van der Waals surface area (Å²) in [6.07, 6.45) is 6.97. The molecule has 0 spiro atoms. The Hall–Kier alpha value is -0.0800. The molecule has 2 saturated heterocycles. The summed E-state index contributed by atoms with van der Waals surface area (Å²) in [5, 5.41) is 3.79. The van der Waals surface area contributed by atoms with Gasteiger partial charge in [-0.2, -0.15) is 0 Å². The Kier molecular flexibility index (Phi) is 3.91. The third kappa shape index (κ3) is 2.60. The van der Waals surface area contributed by atoms with Crippen LogP contribution in [0.2, 0.25) is 0 Å². The van der Waals surface area contributed by atoms with E-state index < -0.39 is 0 Å². The molecule has 1 N–H and O–H groups in total. The molecule has 2 heterocycles. The Morgan fingerprint density at radius 2 is 1.88 bits per heavy atom. The summed E-state index contributed by atoms with van der Waals surface area (Å²) in [5.74, 6) is 0.905. The van der Waals surface area contributed by atoms with Gasteiger partial charge < -0.3 is 10.2 Å². The Morgan fingerprint density at radius 1 is 1.19 bits per heavy atom. The normalized spacial score (nSPS) is 34.5. The van der Waals surface area contributed by atoms with Gasteiger partial charge in [0.25, 0.3) is 0 Å². The topological polar surface area (TPSA) is 15.3 Å². The highest BCUT2D eigenvalue weighted by Crippen LogP contribution is 2.34. The molecular weight excluding hydrogens is 196 g/mol. The van der Waals surface area contributed by atoms with Crippen LogP contribution >= 0.6 is 0 Å². The lowest BCUT2D eigenvalue weighted by Crippen LogP contribution is -2.55. The Bertz CT molecular complexity index is 211. The van der Waals surface area contributed by atoms with Crippen LogP contribution in [-0.2, 0) is 0 Å². The van der Waals surface area contributed by atoms with E-state index in [2.05, 4.69) is 31.0 Å². The Balaban J connectivity index is 1.88. The van der Waals surface area contributed by atoms with Crippen molar-refractivity contribution in [2.24, 2.45) is 5.92 Å². The van der Waals surface area contributed by atoms with E-state index in [9.17, 15) is 0 Å². The molecule has 94 valence electrons. The molecule has 0 amide bonds. The Labute approximate surface area is 101 Å². The number of likely N-dealkylation sites (tertiary alicyclic amines) is 1. The zero-order valence-electron chi connectivity index (χ0n) is 11.3. The molecule has 0 saturated carbocycles. The predicted octanol–water partition coefficient (Wildman–Crippen LogP) is 2.64. The van der Waals surface area contributed by atoms with Crippen molar-refractivity contribution in [1.29, 1.82) is 0 Å². The van der Waals surface area contributed by atoms with Crippen molar-refractivity contribution >= 4 is 0 Å². The minimum atomic E-state index is 0.446. The van der Waals surface area contributed by atoms with Crippen molar-refractivity contribution in [3.05, 3.63) is 0 Å². The summed E-state index contributed by atoms with van der Waals surface area (Å²) in [4.78, 5) is 2.63. The maximum absolute atomic E-state index is 3.79. The maximum Gasteiger partial charge on any atom is 0.0182 e. The summed E-state index contributed by atoms with van der Waals surface area (Å²) in [7, 11) is 0. The van der Waals surface area contributed by atoms with Gasteiger partial charge in [0.1, 0.15) is 0 Å². The van der Waals surface area contributed by atoms with Gasteiger partial charge in [-0.25, -0.2) is 0 Å². The third-order valence-corrected chi connectivity index (χ3v) is 4.81. The standard InChI is InChI=1S/C14H28N2/c1-12(2)16-10-6-13(7-11-16)14(3)8-4-5-9-15-14/h12-13,15H,4-11H2,1-3H3. The number of hydrogen-bond acceptors (Lipinski definition) is 2. The highest BCUT2D eigenvalue weighted by Gasteiger charge is 2.37. The van der Waals surface area contributed by atoms with E-state index in [1.165, 1.54) is 51.7 Å². The molecule has 2 fully saturated rings. The van der Waals surface area contributed by atoms with E-state index in [0.717, 1.165) is 12.0 Å². The molecule has 0 aromatic heterocycles. The molecule has 0 aromatic rings. The molecule has 0 aromatic carbocycles. The monoisotopic (exact) mass is 224 g/mol. The second-order valence-corrected chi connectivity index (χ2v) is 6.21. The second-order valence-electron chi connectivity index (χ2n) is 6.21. The van der Waals surface area contributed by atoms with E-state index >= 15 is 0 Å². The Morgan fingerprint density at radius 3 is 2.38 bits per heavy atom. The van der Waals surface area contributed by atoms with E-state index in [1.807, 2.05) is 0 Å². The predicted molar refractivity (Wildman–Crippen MR) is 69.7 cm³/mol. The number of hydrogen-bond donors (Lipinski definition) is 1. The van der Waals surface area contributed by atoms with E-state index in [4.69, 9.17) is 0 Å². The lowest BCUT2D eigenvalue weighted by Gasteiger charge is -2.46. The lowest BCUT2D eigenvalue weighted by atomic mass is 9.74. The molecule has 0 radical (unpaired) electrons. The van der Waals surface area contributed by atoms with Gasteiger partial charge in [-0.15, -0.1) is 0 Å². The molecule has 16 heavy (non-hydrogen) atoms. The molecular formula is C14H28N2. The summed E-state index contributed by atoms with van der Waals surface area (Å²) in [6, 6.07) is 0.730. The molecule has 2 nitrogen and oxygen atoms in total. The summed E-state index contributed by atoms with van der Waals surface area (Å²) in [6.45, 7) is 10.9. The van der Waals surface area contributed by atoms with Gasteiger partial charge in [0, 0.05) is 11.6 Å². The quantitative estimate of drug-likeness (QED) is 0.776. The molecule has 1 atom stereocenters. The van der Waals surface area contributed by atoms with E-state index in [-0.39, 0.29) is 0 Å². The SMILES string of the molecule is CC(C)N1CCC(C2(C)CCCCN2)CC1. The fraction of sp³-hybridized carbons (Fsp3) is 1.00. The molecule has 2 aliphatic rings. The van der Waals surface area contributed by atoms with Crippen molar-refractivity contribution < 1.29 is 0 Å². The van der Waals surface area contributed by atoms with Crippen LogP contribution in [-0.4, -0.2) is 36.1 Å². The van der Waals surface area contributed by atoms with Crippen LogP contribution in [0.25, 0.3) is 0 Å². The van der Waals surface area contributed by atoms with Crippen LogP contribution < -0.4 is 5.32 Å². The van der Waals surface area contributed by atoms with Gasteiger partial charge in [-0.3, -0.25) is 0 Å². The van der Waals surface area contributed by atoms with Gasteiger partial charge in [-0.05, 0) is 72.0 Å². The average molecular weight is 224 g/mol. The summed E-state index contributed by atoms with van der Waals surface area (Å²) < 4.78 is 0. The fourth-order valence-corrected chi connectivity index (χ4v) is 3.48. The fourth-order valence-electron chi connectivity index (χ4n) is 3.48. The zero-order valence-corrected chi connectivity index (χ0v) is 11.3. The van der Waals surface area contributed by atoms with Crippen LogP contribution in [0.1, 0.15) is 52.9 Å². The van der Waals surface area contributed by atoms with Crippen LogP contribution in [0.15, 0.2) is 0 Å². The number of rotatable bonds is 2. The molecule has 0 bridgehead atoms. The zero-order chi connectivity index (χ0) is 11.6. The minimum absolute atomic E-state index is 0.446. The van der Waals surface area contributed by atoms with Crippen LogP contribution in [0.4, 0.5) is 0 Å². The van der Waals surface area contributed by atoms with Crippen molar-refractivity contribution in [1.82, 2.24) is 10.2 Å². The van der Waals surface area contributed by atoms with E-state index in [1.54, 1.807) is 0 Å². The number of nitrogens with one attached hydrogen (secondary N) is 1. The second kappa shape index (κ2) is 5.05. The maximum atomic E-state index is 3.79. The number of piperidine rings is 2. The summed E-state index contributed by atoms with van der Waals surface area (Å²) >= 11 is 0. The molecule has 1 unspecified atom stereocenters. The molecule has 2 heteroatoms. The largest absolute Gasteiger partial charge is 0.311 e. The minimum Gasteiger partial charge on any atom is -0.311 e. The first-order chi connectivity index (χ1) is 7.62. The molecule has 0 aliphatic carbocycles. The van der Waals surface area contributed by atoms with Crippen molar-refractivity contribution in [3.8, 4) is 0 Å². The van der Waals surface area contributed by atoms with Crippen molar-refractivity contribution in [3.63, 3.8) is 0 Å². The number of nitrogens with zero attached hydrogens (tertiary/aromatic N) is 1. The highest BCUT2D eigenvalue weighted by atomic mass is 15.2. The van der Waals surface area contributed by atoms with E-state index in [0.29, 0.717) is 5.54 Å². The van der Waals surface area contributed by atoms with Crippen LogP contribution in [0.3, 0.4) is 0 Å². The van der Waals surface area contributed by atoms with Gasteiger partial charge in [0.2, 0.25) is 0 Å². The van der Waals surface area contributed by atoms with Gasteiger partial charge in [0.15, 0.2) is 0 Å². The molecule has 2 aliphatic heterocycles. The van der Waals surface area contributed by atoms with Crippen LogP contribution in [0, 0.1) is 5.92 Å². The third-order valence-electron chi connectivity index (χ3n) is 4.81.